The van der Waals surface area contributed by atoms with Gasteiger partial charge in [0.05, 0.1) is 28.8 Å². The van der Waals surface area contributed by atoms with E-state index < -0.39 is 0 Å². The van der Waals surface area contributed by atoms with Gasteiger partial charge < -0.3 is 9.47 Å². The van der Waals surface area contributed by atoms with E-state index in [9.17, 15) is 4.79 Å². The molecule has 9 heteroatoms. The lowest BCUT2D eigenvalue weighted by Crippen LogP contribution is -2.19. The van der Waals surface area contributed by atoms with Crippen LogP contribution < -0.4 is 14.9 Å². The van der Waals surface area contributed by atoms with Gasteiger partial charge in [-0.15, -0.1) is 0 Å². The van der Waals surface area contributed by atoms with Gasteiger partial charge in [-0.25, -0.2) is 15.4 Å². The number of amides is 1. The van der Waals surface area contributed by atoms with E-state index in [4.69, 9.17) is 9.47 Å². The van der Waals surface area contributed by atoms with Crippen LogP contribution in [0.25, 0.3) is 0 Å². The topological polar surface area (TPSA) is 85.7 Å². The van der Waals surface area contributed by atoms with E-state index >= 15 is 0 Å². The van der Waals surface area contributed by atoms with E-state index in [-0.39, 0.29) is 11.7 Å². The van der Waals surface area contributed by atoms with Crippen LogP contribution in [-0.4, -0.2) is 41.1 Å². The Bertz CT molecular complexity index is 841. The first-order valence-corrected chi connectivity index (χ1v) is 10.9. The van der Waals surface area contributed by atoms with E-state index in [0.717, 1.165) is 26.3 Å². The quantitative estimate of drug-likeness (QED) is 0.181. The smallest absolute Gasteiger partial charge is 0.250 e. The van der Waals surface area contributed by atoms with Gasteiger partial charge in [-0.1, -0.05) is 11.8 Å². The number of halogens is 1. The minimum Gasteiger partial charge on any atom is -0.490 e. The van der Waals surface area contributed by atoms with E-state index in [2.05, 4.69) is 43.1 Å². The molecule has 150 valence electrons. The van der Waals surface area contributed by atoms with Crippen molar-refractivity contribution in [3.05, 3.63) is 38.7 Å². The van der Waals surface area contributed by atoms with Crippen molar-refractivity contribution in [2.45, 2.75) is 32.9 Å². The number of ether oxygens (including phenoxy) is 2. The number of rotatable bonds is 9. The Morgan fingerprint density at radius 3 is 2.50 bits per heavy atom. The molecule has 0 aliphatic carbocycles. The van der Waals surface area contributed by atoms with Gasteiger partial charge in [-0.3, -0.25) is 4.79 Å². The molecule has 1 heterocycles. The molecular formula is C19H23IN4O3S. The first-order valence-electron chi connectivity index (χ1n) is 8.79. The van der Waals surface area contributed by atoms with Crippen molar-refractivity contribution in [1.29, 1.82) is 0 Å². The van der Waals surface area contributed by atoms with Crippen LogP contribution >= 0.6 is 34.4 Å². The van der Waals surface area contributed by atoms with Crippen LogP contribution in [0.4, 0.5) is 0 Å². The van der Waals surface area contributed by atoms with Crippen LogP contribution in [0.1, 0.15) is 30.8 Å². The average Bonchev–Trinajstić information content (AvgIpc) is 2.62. The molecule has 1 amide bonds. The molecule has 2 aromatic rings. The number of aryl methyl sites for hydroxylation is 2. The third-order valence-corrected chi connectivity index (χ3v) is 4.97. The molecule has 7 nitrogen and oxygen atoms in total. The molecule has 0 unspecified atom stereocenters. The zero-order valence-electron chi connectivity index (χ0n) is 16.3. The lowest BCUT2D eigenvalue weighted by molar-refractivity contribution is -0.118. The second-order valence-electron chi connectivity index (χ2n) is 5.71. The number of nitrogens with zero attached hydrogens (tertiary/aromatic N) is 3. The highest BCUT2D eigenvalue weighted by Crippen LogP contribution is 2.33. The molecule has 0 aliphatic heterocycles. The van der Waals surface area contributed by atoms with Crippen LogP contribution in [0, 0.1) is 17.4 Å². The van der Waals surface area contributed by atoms with Gasteiger partial charge in [-0.05, 0) is 74.0 Å². The Morgan fingerprint density at radius 2 is 1.86 bits per heavy atom. The van der Waals surface area contributed by atoms with Crippen molar-refractivity contribution in [2.75, 3.05) is 19.0 Å². The van der Waals surface area contributed by atoms with E-state index in [1.165, 1.54) is 11.8 Å². The van der Waals surface area contributed by atoms with E-state index in [1.54, 1.807) is 6.21 Å². The van der Waals surface area contributed by atoms with Gasteiger partial charge >= 0.3 is 0 Å². The van der Waals surface area contributed by atoms with Gasteiger partial charge in [0, 0.05) is 11.4 Å². The molecule has 0 saturated heterocycles. The second-order valence-corrected chi connectivity index (χ2v) is 7.82. The minimum absolute atomic E-state index is 0.186. The van der Waals surface area contributed by atoms with Crippen molar-refractivity contribution in [1.82, 2.24) is 15.4 Å². The first-order chi connectivity index (χ1) is 13.4. The predicted molar refractivity (Wildman–Crippen MR) is 119 cm³/mol. The van der Waals surface area contributed by atoms with Crippen molar-refractivity contribution in [3.8, 4) is 11.5 Å². The van der Waals surface area contributed by atoms with Crippen molar-refractivity contribution in [2.24, 2.45) is 5.10 Å². The zero-order valence-corrected chi connectivity index (χ0v) is 19.3. The van der Waals surface area contributed by atoms with Crippen molar-refractivity contribution < 1.29 is 14.3 Å². The number of hydrogen-bond donors (Lipinski definition) is 1. The van der Waals surface area contributed by atoms with E-state index in [0.29, 0.717) is 24.1 Å². The maximum Gasteiger partial charge on any atom is 0.250 e. The highest BCUT2D eigenvalue weighted by atomic mass is 127. The molecule has 0 atom stereocenters. The first kappa shape index (κ1) is 22.4. The molecule has 28 heavy (non-hydrogen) atoms. The maximum absolute atomic E-state index is 12.0. The highest BCUT2D eigenvalue weighted by molar-refractivity contribution is 14.1. The Hall–Kier alpha value is -1.88. The van der Waals surface area contributed by atoms with Crippen molar-refractivity contribution >= 4 is 46.5 Å². The Labute approximate surface area is 182 Å². The predicted octanol–water partition coefficient (Wildman–Crippen LogP) is 3.74. The molecule has 0 fully saturated rings. The highest BCUT2D eigenvalue weighted by Gasteiger charge is 2.11. The Kier molecular flexibility index (Phi) is 8.97. The monoisotopic (exact) mass is 514 g/mol. The minimum atomic E-state index is -0.227. The second kappa shape index (κ2) is 11.2. The fraction of sp³-hybridized carbons (Fsp3) is 0.368. The zero-order chi connectivity index (χ0) is 20.5. The van der Waals surface area contributed by atoms with Crippen LogP contribution in [-0.2, 0) is 4.79 Å². The fourth-order valence-electron chi connectivity index (χ4n) is 2.31. The normalized spacial score (nSPS) is 10.9. The number of hydrogen-bond acceptors (Lipinski definition) is 7. The molecule has 2 rings (SSSR count). The molecule has 0 bridgehead atoms. The number of aromatic nitrogens is 2. The van der Waals surface area contributed by atoms with Crippen LogP contribution in [0.5, 0.6) is 11.5 Å². The molecule has 1 aromatic heterocycles. The maximum atomic E-state index is 12.0. The largest absolute Gasteiger partial charge is 0.490 e. The number of carbonyl (C=O) groups excluding carboxylic acids is 1. The van der Waals surface area contributed by atoms with Gasteiger partial charge in [0.15, 0.2) is 16.7 Å². The molecule has 1 N–H and O–H groups in total. The summed E-state index contributed by atoms with van der Waals surface area (Å²) in [6, 6.07) is 5.65. The summed E-state index contributed by atoms with van der Waals surface area (Å²) in [5.74, 6) is 1.34. The number of nitrogens with one attached hydrogen (secondary N) is 1. The SMILES string of the molecule is CCOc1cc(/C=N\NC(=O)CSc2nc(C)cc(C)n2)cc(I)c1OCC. The molecule has 0 aliphatic rings. The van der Waals surface area contributed by atoms with Gasteiger partial charge in [-0.2, -0.15) is 5.10 Å². The van der Waals surface area contributed by atoms with Gasteiger partial charge in [0.2, 0.25) is 0 Å². The Balaban J connectivity index is 1.96. The number of hydrazone groups is 1. The van der Waals surface area contributed by atoms with E-state index in [1.807, 2.05) is 45.9 Å². The summed E-state index contributed by atoms with van der Waals surface area (Å²) in [4.78, 5) is 20.6. The lowest BCUT2D eigenvalue weighted by Gasteiger charge is -2.13. The van der Waals surface area contributed by atoms with Crippen LogP contribution in [0.15, 0.2) is 28.5 Å². The number of thioether (sulfide) groups is 1. The Morgan fingerprint density at radius 1 is 1.18 bits per heavy atom. The van der Waals surface area contributed by atoms with Crippen LogP contribution in [0.2, 0.25) is 0 Å². The summed E-state index contributed by atoms with van der Waals surface area (Å²) in [5.41, 5.74) is 5.08. The third-order valence-electron chi connectivity index (χ3n) is 3.32. The summed E-state index contributed by atoms with van der Waals surface area (Å²) in [5, 5.41) is 4.61. The summed E-state index contributed by atoms with van der Waals surface area (Å²) < 4.78 is 12.2. The molecule has 1 aromatic carbocycles. The third kappa shape index (κ3) is 6.93. The number of carbonyl (C=O) groups is 1. The average molecular weight is 514 g/mol. The van der Waals surface area contributed by atoms with Gasteiger partial charge in [0.25, 0.3) is 5.91 Å². The van der Waals surface area contributed by atoms with Gasteiger partial charge in [0.1, 0.15) is 0 Å². The summed E-state index contributed by atoms with van der Waals surface area (Å²) in [6.45, 7) is 8.74. The summed E-state index contributed by atoms with van der Waals surface area (Å²) in [6.07, 6.45) is 1.58. The standard InChI is InChI=1S/C19H23IN4O3S/c1-5-26-16-9-14(8-15(20)18(16)27-6-2)10-21-24-17(25)11-28-19-22-12(3)7-13(4)23-19/h7-10H,5-6,11H2,1-4H3,(H,24,25)/b21-10-. The lowest BCUT2D eigenvalue weighted by atomic mass is 10.2. The molecule has 0 saturated carbocycles. The number of benzene rings is 1. The van der Waals surface area contributed by atoms with Crippen LogP contribution in [0.3, 0.4) is 0 Å². The summed E-state index contributed by atoms with van der Waals surface area (Å²) in [7, 11) is 0. The fourth-order valence-corrected chi connectivity index (χ4v) is 3.83. The molecule has 0 radical (unpaired) electrons. The van der Waals surface area contributed by atoms with Crippen molar-refractivity contribution in [3.63, 3.8) is 0 Å². The molecule has 0 spiro atoms. The molecular weight excluding hydrogens is 491 g/mol. The summed E-state index contributed by atoms with van der Waals surface area (Å²) >= 11 is 3.47.